The van der Waals surface area contributed by atoms with E-state index in [1.165, 1.54) is 0 Å². The lowest BCUT2D eigenvalue weighted by molar-refractivity contribution is -0.120. The first kappa shape index (κ1) is 14.0. The Morgan fingerprint density at radius 1 is 1.47 bits per heavy atom. The molecule has 17 heavy (non-hydrogen) atoms. The minimum Gasteiger partial charge on any atom is -0.330 e. The first-order chi connectivity index (χ1) is 7.97. The second kappa shape index (κ2) is 6.03. The van der Waals surface area contributed by atoms with E-state index in [1.54, 1.807) is 6.07 Å². The van der Waals surface area contributed by atoms with Crippen LogP contribution < -0.4 is 11.1 Å². The van der Waals surface area contributed by atoms with E-state index in [-0.39, 0.29) is 17.7 Å². The molecule has 1 rings (SSSR count). The van der Waals surface area contributed by atoms with Gasteiger partial charge in [-0.2, -0.15) is 0 Å². The van der Waals surface area contributed by atoms with Crippen molar-refractivity contribution in [1.82, 2.24) is 0 Å². The van der Waals surface area contributed by atoms with Crippen molar-refractivity contribution in [2.45, 2.75) is 20.8 Å². The molecule has 0 aromatic heterocycles. The zero-order valence-corrected chi connectivity index (χ0v) is 11.2. The summed E-state index contributed by atoms with van der Waals surface area (Å²) in [6, 6.07) is 5.56. The van der Waals surface area contributed by atoms with Gasteiger partial charge >= 0.3 is 0 Å². The summed E-state index contributed by atoms with van der Waals surface area (Å²) in [7, 11) is 0. The summed E-state index contributed by atoms with van der Waals surface area (Å²) in [4.78, 5) is 12.0. The van der Waals surface area contributed by atoms with Gasteiger partial charge < -0.3 is 11.1 Å². The van der Waals surface area contributed by atoms with Crippen LogP contribution in [-0.2, 0) is 4.79 Å². The molecule has 0 aliphatic heterocycles. The average Bonchev–Trinajstić information content (AvgIpc) is 2.25. The van der Waals surface area contributed by atoms with Gasteiger partial charge in [0.25, 0.3) is 0 Å². The van der Waals surface area contributed by atoms with Crippen molar-refractivity contribution in [1.29, 1.82) is 0 Å². The summed E-state index contributed by atoms with van der Waals surface area (Å²) >= 11 is 6.12. The number of carbonyl (C=O) groups is 1. The van der Waals surface area contributed by atoms with Gasteiger partial charge in [0.1, 0.15) is 0 Å². The number of carbonyl (C=O) groups excluding carboxylic acids is 1. The van der Waals surface area contributed by atoms with Crippen molar-refractivity contribution < 1.29 is 4.79 Å². The minimum absolute atomic E-state index is 0.0741. The predicted molar refractivity (Wildman–Crippen MR) is 72.2 cm³/mol. The van der Waals surface area contributed by atoms with E-state index in [1.807, 2.05) is 32.9 Å². The maximum Gasteiger partial charge on any atom is 0.229 e. The molecule has 0 aliphatic carbocycles. The van der Waals surface area contributed by atoms with Crippen LogP contribution in [0.25, 0.3) is 0 Å². The number of nitrogens with two attached hydrogens (primary N) is 1. The van der Waals surface area contributed by atoms with Crippen molar-refractivity contribution in [3.63, 3.8) is 0 Å². The Bertz CT molecular complexity index is 404. The molecule has 0 fully saturated rings. The Balaban J connectivity index is 2.84. The van der Waals surface area contributed by atoms with Crippen LogP contribution >= 0.6 is 11.6 Å². The fraction of sp³-hybridized carbons (Fsp3) is 0.462. The summed E-state index contributed by atoms with van der Waals surface area (Å²) in [6.07, 6.45) is 0. The summed E-state index contributed by atoms with van der Waals surface area (Å²) in [5, 5.41) is 3.42. The highest BCUT2D eigenvalue weighted by Gasteiger charge is 2.21. The molecule has 0 saturated heterocycles. The van der Waals surface area contributed by atoms with E-state index in [4.69, 9.17) is 17.3 Å². The number of amides is 1. The number of hydrogen-bond donors (Lipinski definition) is 2. The van der Waals surface area contributed by atoms with Crippen LogP contribution in [0.2, 0.25) is 5.02 Å². The van der Waals surface area contributed by atoms with Gasteiger partial charge in [0.05, 0.1) is 16.6 Å². The molecule has 1 unspecified atom stereocenters. The molecule has 0 aliphatic rings. The summed E-state index contributed by atoms with van der Waals surface area (Å²) in [5.74, 6) is -0.0508. The zero-order valence-electron chi connectivity index (χ0n) is 10.5. The first-order valence-corrected chi connectivity index (χ1v) is 6.11. The highest BCUT2D eigenvalue weighted by molar-refractivity contribution is 6.34. The zero-order chi connectivity index (χ0) is 13.0. The number of halogens is 1. The molecule has 0 spiro atoms. The molecule has 0 saturated carbocycles. The van der Waals surface area contributed by atoms with Crippen LogP contribution in [0.5, 0.6) is 0 Å². The van der Waals surface area contributed by atoms with E-state index in [0.717, 1.165) is 5.56 Å². The lowest BCUT2D eigenvalue weighted by atomic mass is 9.95. The Labute approximate surface area is 107 Å². The third kappa shape index (κ3) is 3.45. The Morgan fingerprint density at radius 2 is 2.12 bits per heavy atom. The summed E-state index contributed by atoms with van der Waals surface area (Å²) in [6.45, 7) is 6.21. The highest BCUT2D eigenvalue weighted by Crippen LogP contribution is 2.26. The highest BCUT2D eigenvalue weighted by atomic mass is 35.5. The SMILES string of the molecule is Cc1cccc(NC(=O)C(CN)C(C)C)c1Cl. The van der Waals surface area contributed by atoms with Gasteiger partial charge in [-0.05, 0) is 24.5 Å². The van der Waals surface area contributed by atoms with Crippen LogP contribution in [0, 0.1) is 18.8 Å². The van der Waals surface area contributed by atoms with Crippen LogP contribution in [0.1, 0.15) is 19.4 Å². The van der Waals surface area contributed by atoms with Gasteiger partial charge in [0, 0.05) is 6.54 Å². The van der Waals surface area contributed by atoms with E-state index < -0.39 is 0 Å². The van der Waals surface area contributed by atoms with Crippen LogP contribution in [0.15, 0.2) is 18.2 Å². The standard InChI is InChI=1S/C13H19ClN2O/c1-8(2)10(7-15)13(17)16-11-6-4-5-9(3)12(11)14/h4-6,8,10H,7,15H2,1-3H3,(H,16,17). The van der Waals surface area contributed by atoms with Crippen molar-refractivity contribution in [2.75, 3.05) is 11.9 Å². The van der Waals surface area contributed by atoms with Crippen molar-refractivity contribution in [2.24, 2.45) is 17.6 Å². The molecule has 0 radical (unpaired) electrons. The van der Waals surface area contributed by atoms with Gasteiger partial charge in [-0.15, -0.1) is 0 Å². The minimum atomic E-state index is -0.188. The molecular weight excluding hydrogens is 236 g/mol. The first-order valence-electron chi connectivity index (χ1n) is 5.73. The molecule has 94 valence electrons. The third-order valence-electron chi connectivity index (χ3n) is 2.85. The second-order valence-electron chi connectivity index (χ2n) is 4.51. The molecule has 1 amide bonds. The lowest BCUT2D eigenvalue weighted by Crippen LogP contribution is -2.33. The van der Waals surface area contributed by atoms with E-state index in [9.17, 15) is 4.79 Å². The average molecular weight is 255 g/mol. The third-order valence-corrected chi connectivity index (χ3v) is 3.35. The maximum atomic E-state index is 12.0. The Kier molecular flexibility index (Phi) is 4.97. The summed E-state index contributed by atoms with van der Waals surface area (Å²) < 4.78 is 0. The van der Waals surface area contributed by atoms with Crippen molar-refractivity contribution in [3.05, 3.63) is 28.8 Å². The molecule has 0 bridgehead atoms. The quantitative estimate of drug-likeness (QED) is 0.868. The number of hydrogen-bond acceptors (Lipinski definition) is 2. The monoisotopic (exact) mass is 254 g/mol. The molecule has 3 N–H and O–H groups in total. The lowest BCUT2D eigenvalue weighted by Gasteiger charge is -2.19. The second-order valence-corrected chi connectivity index (χ2v) is 4.89. The van der Waals surface area contributed by atoms with E-state index in [2.05, 4.69) is 5.32 Å². The molecular formula is C13H19ClN2O. The number of aryl methyl sites for hydroxylation is 1. The fourth-order valence-corrected chi connectivity index (χ4v) is 1.82. The van der Waals surface area contributed by atoms with Crippen LogP contribution in [0.4, 0.5) is 5.69 Å². The Hall–Kier alpha value is -1.06. The molecule has 1 aromatic rings. The van der Waals surface area contributed by atoms with Gasteiger partial charge in [-0.3, -0.25) is 4.79 Å². The normalized spacial score (nSPS) is 12.6. The van der Waals surface area contributed by atoms with Crippen molar-refractivity contribution >= 4 is 23.2 Å². The van der Waals surface area contributed by atoms with E-state index >= 15 is 0 Å². The van der Waals surface area contributed by atoms with Gasteiger partial charge in [-0.25, -0.2) is 0 Å². The largest absolute Gasteiger partial charge is 0.330 e. The molecule has 1 aromatic carbocycles. The predicted octanol–water partition coefficient (Wildman–Crippen LogP) is 2.82. The smallest absolute Gasteiger partial charge is 0.229 e. The summed E-state index contributed by atoms with van der Waals surface area (Å²) in [5.41, 5.74) is 7.19. The van der Waals surface area contributed by atoms with Crippen LogP contribution in [0.3, 0.4) is 0 Å². The van der Waals surface area contributed by atoms with Gasteiger partial charge in [0.15, 0.2) is 0 Å². The maximum absolute atomic E-state index is 12.0. The molecule has 0 heterocycles. The van der Waals surface area contributed by atoms with E-state index in [0.29, 0.717) is 17.3 Å². The topological polar surface area (TPSA) is 55.1 Å². The molecule has 1 atom stereocenters. The number of benzene rings is 1. The Morgan fingerprint density at radius 3 is 2.65 bits per heavy atom. The van der Waals surface area contributed by atoms with Crippen LogP contribution in [-0.4, -0.2) is 12.5 Å². The van der Waals surface area contributed by atoms with Gasteiger partial charge in [-0.1, -0.05) is 37.6 Å². The van der Waals surface area contributed by atoms with Gasteiger partial charge in [0.2, 0.25) is 5.91 Å². The molecule has 3 nitrogen and oxygen atoms in total. The number of nitrogens with one attached hydrogen (secondary N) is 1. The molecule has 4 heteroatoms. The number of anilines is 1. The fourth-order valence-electron chi connectivity index (χ4n) is 1.65. The number of rotatable bonds is 4. The van der Waals surface area contributed by atoms with Crippen molar-refractivity contribution in [3.8, 4) is 0 Å².